The number of nitro benzene ring substituents is 1. The zero-order valence-corrected chi connectivity index (χ0v) is 15.0. The fourth-order valence-corrected chi connectivity index (χ4v) is 2.45. The third-order valence-corrected chi connectivity index (χ3v) is 3.93. The molecule has 3 aromatic rings. The predicted molar refractivity (Wildman–Crippen MR) is 107 cm³/mol. The molecule has 0 fully saturated rings. The van der Waals surface area contributed by atoms with Crippen molar-refractivity contribution in [2.75, 3.05) is 5.43 Å². The first-order chi connectivity index (χ1) is 13.1. The van der Waals surface area contributed by atoms with Crippen LogP contribution in [0.4, 0.5) is 11.4 Å². The van der Waals surface area contributed by atoms with Crippen LogP contribution < -0.4 is 10.2 Å². The number of anilines is 1. The highest BCUT2D eigenvalue weighted by atomic mass is 35.5. The van der Waals surface area contributed by atoms with E-state index in [4.69, 9.17) is 16.3 Å². The van der Waals surface area contributed by atoms with E-state index in [0.717, 1.165) is 11.1 Å². The SMILES string of the molecule is O=[N+]([O-])c1cccc(NN=Cc2ccccc2OCc2ccc(Cl)cc2)c1. The largest absolute Gasteiger partial charge is 0.488 e. The highest BCUT2D eigenvalue weighted by Gasteiger charge is 2.05. The van der Waals surface area contributed by atoms with Crippen LogP contribution in [0.3, 0.4) is 0 Å². The van der Waals surface area contributed by atoms with E-state index in [1.165, 1.54) is 12.1 Å². The molecular formula is C20H16ClN3O3. The first-order valence-electron chi connectivity index (χ1n) is 8.11. The fraction of sp³-hybridized carbons (Fsp3) is 0.0500. The van der Waals surface area contributed by atoms with Crippen LogP contribution in [0.2, 0.25) is 5.02 Å². The standard InChI is InChI=1S/C20H16ClN3O3/c21-17-10-8-15(9-11-17)14-27-20-7-2-1-4-16(20)13-22-23-18-5-3-6-19(12-18)24(25)26/h1-13,23H,14H2. The van der Waals surface area contributed by atoms with Crippen molar-refractivity contribution >= 4 is 29.2 Å². The molecule has 1 N–H and O–H groups in total. The van der Waals surface area contributed by atoms with Gasteiger partial charge in [-0.25, -0.2) is 0 Å². The molecule has 3 rings (SSSR count). The molecule has 0 unspecified atom stereocenters. The number of para-hydroxylation sites is 1. The summed E-state index contributed by atoms with van der Waals surface area (Å²) in [5.74, 6) is 0.678. The molecule has 0 bridgehead atoms. The molecule has 0 amide bonds. The third kappa shape index (κ3) is 5.29. The second-order valence-electron chi connectivity index (χ2n) is 5.63. The smallest absolute Gasteiger partial charge is 0.271 e. The normalized spacial score (nSPS) is 10.7. The van der Waals surface area contributed by atoms with Gasteiger partial charge in [0.2, 0.25) is 0 Å². The number of halogens is 1. The molecule has 7 heteroatoms. The Kier molecular flexibility index (Phi) is 6.02. The first-order valence-corrected chi connectivity index (χ1v) is 8.49. The van der Waals surface area contributed by atoms with E-state index in [1.54, 1.807) is 18.3 Å². The summed E-state index contributed by atoms with van der Waals surface area (Å²) < 4.78 is 5.86. The average Bonchev–Trinajstić information content (AvgIpc) is 2.69. The molecule has 0 saturated heterocycles. The predicted octanol–water partition coefficient (Wildman–Crippen LogP) is 5.27. The quantitative estimate of drug-likeness (QED) is 0.343. The summed E-state index contributed by atoms with van der Waals surface area (Å²) in [5, 5.41) is 15.6. The number of nitrogens with one attached hydrogen (secondary N) is 1. The van der Waals surface area contributed by atoms with Crippen LogP contribution in [0, 0.1) is 10.1 Å². The minimum absolute atomic E-state index is 0.00176. The van der Waals surface area contributed by atoms with Gasteiger partial charge in [0, 0.05) is 22.7 Å². The maximum absolute atomic E-state index is 10.8. The summed E-state index contributed by atoms with van der Waals surface area (Å²) in [7, 11) is 0. The van der Waals surface area contributed by atoms with Crippen molar-refractivity contribution in [3.05, 3.63) is 99.1 Å². The highest BCUT2D eigenvalue weighted by Crippen LogP contribution is 2.20. The Bertz CT molecular complexity index is 959. The number of hydrogen-bond acceptors (Lipinski definition) is 5. The Balaban J connectivity index is 1.66. The average molecular weight is 382 g/mol. The summed E-state index contributed by atoms with van der Waals surface area (Å²) in [4.78, 5) is 10.4. The van der Waals surface area contributed by atoms with E-state index >= 15 is 0 Å². The summed E-state index contributed by atoms with van der Waals surface area (Å²) in [5.41, 5.74) is 5.10. The van der Waals surface area contributed by atoms with E-state index in [9.17, 15) is 10.1 Å². The molecule has 0 aromatic heterocycles. The summed E-state index contributed by atoms with van der Waals surface area (Å²) >= 11 is 5.89. The van der Waals surface area contributed by atoms with Crippen LogP contribution >= 0.6 is 11.6 Å². The molecule has 0 aliphatic heterocycles. The third-order valence-electron chi connectivity index (χ3n) is 3.68. The van der Waals surface area contributed by atoms with Crippen LogP contribution in [0.1, 0.15) is 11.1 Å². The lowest BCUT2D eigenvalue weighted by Crippen LogP contribution is -1.99. The summed E-state index contributed by atoms with van der Waals surface area (Å²) in [6.45, 7) is 0.403. The van der Waals surface area contributed by atoms with E-state index in [0.29, 0.717) is 23.1 Å². The number of hydrazone groups is 1. The number of non-ortho nitro benzene ring substituents is 1. The lowest BCUT2D eigenvalue weighted by atomic mass is 10.2. The van der Waals surface area contributed by atoms with E-state index in [1.807, 2.05) is 48.5 Å². The van der Waals surface area contributed by atoms with Crippen molar-refractivity contribution in [1.29, 1.82) is 0 Å². The summed E-state index contributed by atoms with van der Waals surface area (Å²) in [6, 6.07) is 21.1. The molecule has 3 aromatic carbocycles. The van der Waals surface area contributed by atoms with Crippen LogP contribution in [0.5, 0.6) is 5.75 Å². The van der Waals surface area contributed by atoms with Crippen molar-refractivity contribution in [3.63, 3.8) is 0 Å². The Morgan fingerprint density at radius 2 is 1.85 bits per heavy atom. The van der Waals surface area contributed by atoms with Gasteiger partial charge in [0.15, 0.2) is 0 Å². The van der Waals surface area contributed by atoms with Crippen molar-refractivity contribution in [1.82, 2.24) is 0 Å². The molecule has 0 spiro atoms. The van der Waals surface area contributed by atoms with Crippen LogP contribution in [-0.4, -0.2) is 11.1 Å². The lowest BCUT2D eigenvalue weighted by Gasteiger charge is -2.09. The second kappa shape index (κ2) is 8.82. The topological polar surface area (TPSA) is 76.8 Å². The van der Waals surface area contributed by atoms with E-state index in [-0.39, 0.29) is 5.69 Å². The number of hydrogen-bond donors (Lipinski definition) is 1. The van der Waals surface area contributed by atoms with Gasteiger partial charge in [-0.1, -0.05) is 41.9 Å². The van der Waals surface area contributed by atoms with Gasteiger partial charge < -0.3 is 4.74 Å². The van der Waals surface area contributed by atoms with Gasteiger partial charge in [0.1, 0.15) is 12.4 Å². The fourth-order valence-electron chi connectivity index (χ4n) is 2.33. The minimum atomic E-state index is -0.450. The molecule has 136 valence electrons. The van der Waals surface area contributed by atoms with Crippen molar-refractivity contribution < 1.29 is 9.66 Å². The van der Waals surface area contributed by atoms with Gasteiger partial charge in [-0.3, -0.25) is 15.5 Å². The highest BCUT2D eigenvalue weighted by molar-refractivity contribution is 6.30. The first kappa shape index (κ1) is 18.4. The Morgan fingerprint density at radius 1 is 1.07 bits per heavy atom. The summed E-state index contributed by atoms with van der Waals surface area (Å²) in [6.07, 6.45) is 1.61. The lowest BCUT2D eigenvalue weighted by molar-refractivity contribution is -0.384. The van der Waals surface area contributed by atoms with Gasteiger partial charge in [0.25, 0.3) is 5.69 Å². The number of nitrogens with zero attached hydrogens (tertiary/aromatic N) is 2. The van der Waals surface area contributed by atoms with Gasteiger partial charge >= 0.3 is 0 Å². The van der Waals surface area contributed by atoms with Crippen molar-refractivity contribution in [3.8, 4) is 5.75 Å². The molecule has 6 nitrogen and oxygen atoms in total. The van der Waals surface area contributed by atoms with E-state index < -0.39 is 4.92 Å². The van der Waals surface area contributed by atoms with E-state index in [2.05, 4.69) is 10.5 Å². The zero-order valence-electron chi connectivity index (χ0n) is 14.2. The van der Waals surface area contributed by atoms with Gasteiger partial charge in [-0.2, -0.15) is 5.10 Å². The Labute approximate surface area is 161 Å². The Hall–Kier alpha value is -3.38. The molecule has 0 saturated carbocycles. The maximum Gasteiger partial charge on any atom is 0.271 e. The molecule has 0 radical (unpaired) electrons. The molecule has 0 aliphatic carbocycles. The number of rotatable bonds is 7. The monoisotopic (exact) mass is 381 g/mol. The number of ether oxygens (including phenoxy) is 1. The molecular weight excluding hydrogens is 366 g/mol. The van der Waals surface area contributed by atoms with Crippen LogP contribution in [0.15, 0.2) is 77.9 Å². The minimum Gasteiger partial charge on any atom is -0.488 e. The molecule has 0 heterocycles. The number of benzene rings is 3. The maximum atomic E-state index is 10.8. The molecule has 27 heavy (non-hydrogen) atoms. The number of nitro groups is 1. The zero-order chi connectivity index (χ0) is 19.1. The van der Waals surface area contributed by atoms with Gasteiger partial charge in [0.05, 0.1) is 16.8 Å². The van der Waals surface area contributed by atoms with Crippen molar-refractivity contribution in [2.45, 2.75) is 6.61 Å². The van der Waals surface area contributed by atoms with Crippen LogP contribution in [0.25, 0.3) is 0 Å². The molecule has 0 aliphatic rings. The molecule has 0 atom stereocenters. The van der Waals surface area contributed by atoms with Gasteiger partial charge in [-0.05, 0) is 35.9 Å². The second-order valence-corrected chi connectivity index (χ2v) is 6.07. The van der Waals surface area contributed by atoms with Gasteiger partial charge in [-0.15, -0.1) is 0 Å². The Morgan fingerprint density at radius 3 is 2.63 bits per heavy atom. The van der Waals surface area contributed by atoms with Crippen molar-refractivity contribution in [2.24, 2.45) is 5.10 Å². The van der Waals surface area contributed by atoms with Crippen LogP contribution in [-0.2, 0) is 6.61 Å².